The molecule has 0 saturated heterocycles. The molecule has 2 heterocycles. The minimum absolute atomic E-state index is 0.174. The van der Waals surface area contributed by atoms with Crippen LogP contribution in [0.3, 0.4) is 0 Å². The zero-order valence-electron chi connectivity index (χ0n) is 20.5. The van der Waals surface area contributed by atoms with E-state index >= 15 is 0 Å². The maximum Gasteiger partial charge on any atom is 0.257 e. The van der Waals surface area contributed by atoms with E-state index in [4.69, 9.17) is 14.6 Å². The molecule has 1 aliphatic rings. The van der Waals surface area contributed by atoms with Gasteiger partial charge < -0.3 is 14.8 Å². The lowest BCUT2D eigenvalue weighted by molar-refractivity contribution is 0.102. The summed E-state index contributed by atoms with van der Waals surface area (Å²) >= 11 is 0. The molecular weight excluding hydrogens is 440 g/mol. The molecule has 1 aromatic heterocycles. The molecule has 1 N–H and O–H groups in total. The van der Waals surface area contributed by atoms with Crippen LogP contribution in [0.2, 0.25) is 0 Å². The Morgan fingerprint density at radius 1 is 1.11 bits per heavy atom. The van der Waals surface area contributed by atoms with Crippen molar-refractivity contribution in [1.29, 1.82) is 0 Å². The fourth-order valence-electron chi connectivity index (χ4n) is 4.24. The van der Waals surface area contributed by atoms with Crippen LogP contribution in [0, 0.1) is 5.92 Å². The minimum Gasteiger partial charge on any atom is -0.493 e. The second kappa shape index (κ2) is 11.5. The lowest BCUT2D eigenvalue weighted by Crippen LogP contribution is -2.32. The van der Waals surface area contributed by atoms with E-state index in [1.165, 1.54) is 0 Å². The van der Waals surface area contributed by atoms with Crippen LogP contribution < -0.4 is 14.8 Å². The van der Waals surface area contributed by atoms with E-state index in [9.17, 15) is 4.79 Å². The molecule has 0 aliphatic carbocycles. The van der Waals surface area contributed by atoms with Crippen LogP contribution >= 0.6 is 0 Å². The number of benzene rings is 2. The molecule has 1 amide bonds. The van der Waals surface area contributed by atoms with Crippen molar-refractivity contribution in [3.8, 4) is 11.5 Å². The van der Waals surface area contributed by atoms with Crippen molar-refractivity contribution in [2.45, 2.75) is 33.2 Å². The molecule has 0 saturated carbocycles. The molecule has 0 bridgehead atoms. The van der Waals surface area contributed by atoms with Gasteiger partial charge in [-0.3, -0.25) is 14.8 Å². The Balaban J connectivity index is 1.47. The van der Waals surface area contributed by atoms with Gasteiger partial charge in [0.2, 0.25) is 0 Å². The quantitative estimate of drug-likeness (QED) is 0.453. The number of carbonyl (C=O) groups excluding carboxylic acids is 1. The van der Waals surface area contributed by atoms with Crippen LogP contribution in [0.5, 0.6) is 11.5 Å². The molecule has 1 aliphatic heterocycles. The van der Waals surface area contributed by atoms with Crippen molar-refractivity contribution >= 4 is 17.3 Å². The van der Waals surface area contributed by atoms with Crippen molar-refractivity contribution < 1.29 is 14.3 Å². The zero-order valence-corrected chi connectivity index (χ0v) is 20.5. The van der Waals surface area contributed by atoms with E-state index in [-0.39, 0.29) is 5.91 Å². The molecule has 7 nitrogen and oxygen atoms in total. The molecule has 1 unspecified atom stereocenters. The Labute approximate surface area is 206 Å². The third-order valence-electron chi connectivity index (χ3n) is 6.12. The number of hydrogen-bond acceptors (Lipinski definition) is 6. The average molecular weight is 473 g/mol. The predicted octanol–water partition coefficient (Wildman–Crippen LogP) is 5.38. The maximum absolute atomic E-state index is 12.4. The standard InChI is InChI=1S/C28H32N4O3/c1-4-21-14-16-32(31-27(21)22-10-13-25(35-5-2)26(17-22)34-3)19-20-8-11-24(12-9-20)30-28(33)23-7-6-15-29-18-23/h6-13,15,17-18,21H,4-5,14,16,19H2,1-3H3,(H,30,33). The smallest absolute Gasteiger partial charge is 0.257 e. The Bertz CT molecular complexity index is 1160. The van der Waals surface area contributed by atoms with E-state index in [0.717, 1.165) is 53.4 Å². The lowest BCUT2D eigenvalue weighted by atomic mass is 9.90. The number of hydrogen-bond donors (Lipinski definition) is 1. The number of methoxy groups -OCH3 is 1. The van der Waals surface area contributed by atoms with Crippen LogP contribution in [0.1, 0.15) is 48.2 Å². The normalized spacial score (nSPS) is 15.3. The first-order valence-electron chi connectivity index (χ1n) is 12.1. The topological polar surface area (TPSA) is 76.0 Å². The Hall–Kier alpha value is -3.87. The Morgan fingerprint density at radius 2 is 1.94 bits per heavy atom. The molecule has 2 aromatic carbocycles. The van der Waals surface area contributed by atoms with Gasteiger partial charge in [0.25, 0.3) is 5.91 Å². The summed E-state index contributed by atoms with van der Waals surface area (Å²) in [6.07, 6.45) is 5.28. The van der Waals surface area contributed by atoms with Crippen molar-refractivity contribution in [2.75, 3.05) is 25.6 Å². The van der Waals surface area contributed by atoms with E-state index in [1.54, 1.807) is 31.6 Å². The summed E-state index contributed by atoms with van der Waals surface area (Å²) in [5, 5.41) is 10.1. The van der Waals surface area contributed by atoms with Crippen LogP contribution in [-0.2, 0) is 6.54 Å². The number of anilines is 1. The third-order valence-corrected chi connectivity index (χ3v) is 6.12. The molecular formula is C28H32N4O3. The summed E-state index contributed by atoms with van der Waals surface area (Å²) in [6, 6.07) is 17.4. The molecule has 1 atom stereocenters. The van der Waals surface area contributed by atoms with Crippen molar-refractivity contribution in [1.82, 2.24) is 9.99 Å². The first-order valence-corrected chi connectivity index (χ1v) is 12.1. The van der Waals surface area contributed by atoms with Crippen molar-refractivity contribution in [3.63, 3.8) is 0 Å². The van der Waals surface area contributed by atoms with Crippen molar-refractivity contribution in [2.24, 2.45) is 11.0 Å². The molecule has 0 spiro atoms. The highest BCUT2D eigenvalue weighted by atomic mass is 16.5. The van der Waals surface area contributed by atoms with Gasteiger partial charge in [-0.1, -0.05) is 19.1 Å². The second-order valence-electron chi connectivity index (χ2n) is 8.46. The third kappa shape index (κ3) is 5.98. The molecule has 35 heavy (non-hydrogen) atoms. The van der Waals surface area contributed by atoms with E-state index in [0.29, 0.717) is 24.6 Å². The van der Waals surface area contributed by atoms with E-state index in [1.807, 2.05) is 43.3 Å². The molecule has 182 valence electrons. The number of pyridine rings is 1. The summed E-state index contributed by atoms with van der Waals surface area (Å²) in [7, 11) is 1.66. The number of amides is 1. The van der Waals surface area contributed by atoms with Gasteiger partial charge >= 0.3 is 0 Å². The molecule has 3 aromatic rings. The van der Waals surface area contributed by atoms with Gasteiger partial charge in [-0.2, -0.15) is 5.10 Å². The number of nitrogens with zero attached hydrogens (tertiary/aromatic N) is 3. The van der Waals surface area contributed by atoms with Gasteiger partial charge in [-0.15, -0.1) is 0 Å². The number of carbonyl (C=O) groups is 1. The van der Waals surface area contributed by atoms with E-state index in [2.05, 4.69) is 28.3 Å². The monoisotopic (exact) mass is 472 g/mol. The second-order valence-corrected chi connectivity index (χ2v) is 8.46. The molecule has 7 heteroatoms. The van der Waals surface area contributed by atoms with Crippen LogP contribution in [0.15, 0.2) is 72.1 Å². The zero-order chi connectivity index (χ0) is 24.6. The van der Waals surface area contributed by atoms with Gasteiger partial charge in [0, 0.05) is 36.1 Å². The number of hydrazone groups is 1. The molecule has 0 fully saturated rings. The Morgan fingerprint density at radius 3 is 2.63 bits per heavy atom. The summed E-state index contributed by atoms with van der Waals surface area (Å²) in [4.78, 5) is 16.4. The average Bonchev–Trinajstić information content (AvgIpc) is 2.90. The maximum atomic E-state index is 12.4. The molecule has 0 radical (unpaired) electrons. The summed E-state index contributed by atoms with van der Waals surface area (Å²) < 4.78 is 11.2. The summed E-state index contributed by atoms with van der Waals surface area (Å²) in [6.45, 7) is 6.36. The van der Waals surface area contributed by atoms with E-state index < -0.39 is 0 Å². The largest absolute Gasteiger partial charge is 0.493 e. The van der Waals surface area contributed by atoms with Crippen LogP contribution in [0.25, 0.3) is 0 Å². The van der Waals surface area contributed by atoms with Gasteiger partial charge in [0.1, 0.15) is 0 Å². The highest BCUT2D eigenvalue weighted by Crippen LogP contribution is 2.31. The molecule has 4 rings (SSSR count). The van der Waals surface area contributed by atoms with Gasteiger partial charge in [0.15, 0.2) is 11.5 Å². The lowest BCUT2D eigenvalue weighted by Gasteiger charge is -2.31. The van der Waals surface area contributed by atoms with Crippen LogP contribution in [-0.4, -0.2) is 41.9 Å². The SMILES string of the molecule is CCOc1ccc(C2=NN(Cc3ccc(NC(=O)c4cccnc4)cc3)CCC2CC)cc1OC. The highest BCUT2D eigenvalue weighted by molar-refractivity contribution is 6.04. The number of aromatic nitrogens is 1. The fraction of sp³-hybridized carbons (Fsp3) is 0.321. The minimum atomic E-state index is -0.174. The van der Waals surface area contributed by atoms with Gasteiger partial charge in [-0.25, -0.2) is 0 Å². The summed E-state index contributed by atoms with van der Waals surface area (Å²) in [5.41, 5.74) is 4.56. The number of ether oxygens (including phenoxy) is 2. The van der Waals surface area contributed by atoms with Crippen LogP contribution in [0.4, 0.5) is 5.69 Å². The number of rotatable bonds is 9. The van der Waals surface area contributed by atoms with Crippen molar-refractivity contribution in [3.05, 3.63) is 83.7 Å². The predicted molar refractivity (Wildman–Crippen MR) is 138 cm³/mol. The first kappa shape index (κ1) is 24.3. The summed E-state index contributed by atoms with van der Waals surface area (Å²) in [5.74, 6) is 1.70. The fourth-order valence-corrected chi connectivity index (χ4v) is 4.24. The highest BCUT2D eigenvalue weighted by Gasteiger charge is 2.24. The number of nitrogens with one attached hydrogen (secondary N) is 1. The van der Waals surface area contributed by atoms with Gasteiger partial charge in [0.05, 0.1) is 31.5 Å². The van der Waals surface area contributed by atoms with Gasteiger partial charge in [-0.05, 0) is 67.8 Å². The Kier molecular flexibility index (Phi) is 7.98. The first-order chi connectivity index (χ1) is 17.1.